The zero-order valence-electron chi connectivity index (χ0n) is 7.63. The summed E-state index contributed by atoms with van der Waals surface area (Å²) in [4.78, 5) is 0. The Labute approximate surface area is 86.9 Å². The topological polar surface area (TPSA) is 46.2 Å². The van der Waals surface area contributed by atoms with Gasteiger partial charge < -0.3 is 10.8 Å². The van der Waals surface area contributed by atoms with Gasteiger partial charge in [0.2, 0.25) is 0 Å². The molecule has 1 atom stereocenters. The van der Waals surface area contributed by atoms with Crippen LogP contribution in [-0.2, 0) is 0 Å². The van der Waals surface area contributed by atoms with Gasteiger partial charge in [0.05, 0.1) is 0 Å². The van der Waals surface area contributed by atoms with Crippen molar-refractivity contribution < 1.29 is 5.11 Å². The van der Waals surface area contributed by atoms with E-state index in [1.54, 1.807) is 0 Å². The van der Waals surface area contributed by atoms with Gasteiger partial charge in [-0.3, -0.25) is 0 Å². The standard InChI is InChI=1S/C10H14BrNO/c1-7-2-3-8(6-9(7)11)10(12)4-5-13/h2-3,6,10,13H,4-5,12H2,1H3/t10-/m0/s1. The molecule has 0 saturated carbocycles. The molecule has 0 fully saturated rings. The maximum absolute atomic E-state index is 8.73. The highest BCUT2D eigenvalue weighted by Crippen LogP contribution is 2.21. The zero-order chi connectivity index (χ0) is 9.84. The Morgan fingerprint density at radius 2 is 2.23 bits per heavy atom. The van der Waals surface area contributed by atoms with Crippen molar-refractivity contribution in [2.75, 3.05) is 6.61 Å². The summed E-state index contributed by atoms with van der Waals surface area (Å²) in [6, 6.07) is 5.97. The van der Waals surface area contributed by atoms with Crippen LogP contribution in [0.2, 0.25) is 0 Å². The number of hydrogen-bond donors (Lipinski definition) is 2. The highest BCUT2D eigenvalue weighted by molar-refractivity contribution is 9.10. The lowest BCUT2D eigenvalue weighted by molar-refractivity contribution is 0.276. The van der Waals surface area contributed by atoms with E-state index in [1.165, 1.54) is 5.56 Å². The van der Waals surface area contributed by atoms with Crippen molar-refractivity contribution in [3.8, 4) is 0 Å². The molecule has 0 saturated heterocycles. The number of benzene rings is 1. The van der Waals surface area contributed by atoms with Crippen molar-refractivity contribution in [3.63, 3.8) is 0 Å². The number of halogens is 1. The molecule has 0 radical (unpaired) electrons. The second-order valence-electron chi connectivity index (χ2n) is 3.13. The Morgan fingerprint density at radius 1 is 1.54 bits per heavy atom. The van der Waals surface area contributed by atoms with Gasteiger partial charge in [0.15, 0.2) is 0 Å². The number of aliphatic hydroxyl groups excluding tert-OH is 1. The molecule has 0 aliphatic rings. The fraction of sp³-hybridized carbons (Fsp3) is 0.400. The predicted octanol–water partition coefficient (Wildman–Crippen LogP) is 2.14. The first-order valence-corrected chi connectivity index (χ1v) is 5.07. The van der Waals surface area contributed by atoms with E-state index in [9.17, 15) is 0 Å². The van der Waals surface area contributed by atoms with E-state index in [2.05, 4.69) is 15.9 Å². The van der Waals surface area contributed by atoms with Crippen molar-refractivity contribution in [1.29, 1.82) is 0 Å². The van der Waals surface area contributed by atoms with Gasteiger partial charge >= 0.3 is 0 Å². The first-order chi connectivity index (χ1) is 6.15. The van der Waals surface area contributed by atoms with Gasteiger partial charge in [0, 0.05) is 17.1 Å². The van der Waals surface area contributed by atoms with E-state index in [0.717, 1.165) is 10.0 Å². The van der Waals surface area contributed by atoms with Crippen LogP contribution in [0.25, 0.3) is 0 Å². The van der Waals surface area contributed by atoms with Gasteiger partial charge in [-0.1, -0.05) is 28.1 Å². The molecule has 1 aromatic carbocycles. The minimum absolute atomic E-state index is 0.0677. The molecule has 13 heavy (non-hydrogen) atoms. The molecule has 1 rings (SSSR count). The average molecular weight is 244 g/mol. The molecule has 1 aromatic rings. The Balaban J connectivity index is 2.84. The summed E-state index contributed by atoms with van der Waals surface area (Å²) < 4.78 is 1.07. The molecule has 0 aliphatic carbocycles. The number of rotatable bonds is 3. The molecule has 0 aromatic heterocycles. The van der Waals surface area contributed by atoms with E-state index in [-0.39, 0.29) is 12.6 Å². The summed E-state index contributed by atoms with van der Waals surface area (Å²) in [6.07, 6.45) is 0.607. The lowest BCUT2D eigenvalue weighted by Gasteiger charge is -2.11. The second kappa shape index (κ2) is 4.74. The average Bonchev–Trinajstić information content (AvgIpc) is 2.10. The summed E-state index contributed by atoms with van der Waals surface area (Å²) >= 11 is 3.45. The molecule has 0 aliphatic heterocycles. The third-order valence-electron chi connectivity index (χ3n) is 2.06. The monoisotopic (exact) mass is 243 g/mol. The van der Waals surface area contributed by atoms with Crippen LogP contribution >= 0.6 is 15.9 Å². The molecule has 0 spiro atoms. The van der Waals surface area contributed by atoms with Gasteiger partial charge in [0.1, 0.15) is 0 Å². The smallest absolute Gasteiger partial charge is 0.0449 e. The Bertz CT molecular complexity index is 288. The van der Waals surface area contributed by atoms with Crippen LogP contribution in [0.5, 0.6) is 0 Å². The van der Waals surface area contributed by atoms with Crippen LogP contribution in [0.4, 0.5) is 0 Å². The first kappa shape index (κ1) is 10.7. The molecule has 72 valence electrons. The van der Waals surface area contributed by atoms with E-state index in [1.807, 2.05) is 25.1 Å². The predicted molar refractivity (Wildman–Crippen MR) is 57.5 cm³/mol. The van der Waals surface area contributed by atoms with E-state index in [4.69, 9.17) is 10.8 Å². The van der Waals surface area contributed by atoms with Gasteiger partial charge in [-0.2, -0.15) is 0 Å². The first-order valence-electron chi connectivity index (χ1n) is 4.27. The molecular formula is C10H14BrNO. The van der Waals surface area contributed by atoms with Crippen molar-refractivity contribution >= 4 is 15.9 Å². The summed E-state index contributed by atoms with van der Waals surface area (Å²) in [6.45, 7) is 2.16. The third kappa shape index (κ3) is 2.79. The Hall–Kier alpha value is -0.380. The van der Waals surface area contributed by atoms with Crippen LogP contribution in [0.3, 0.4) is 0 Å². The van der Waals surface area contributed by atoms with Crippen molar-refractivity contribution in [2.45, 2.75) is 19.4 Å². The summed E-state index contributed by atoms with van der Waals surface area (Å²) in [5.74, 6) is 0. The molecule has 0 bridgehead atoms. The lowest BCUT2D eigenvalue weighted by Crippen LogP contribution is -2.11. The normalized spacial score (nSPS) is 12.9. The molecule has 3 N–H and O–H groups in total. The minimum atomic E-state index is -0.0677. The molecular weight excluding hydrogens is 230 g/mol. The van der Waals surface area contributed by atoms with E-state index >= 15 is 0 Å². The summed E-state index contributed by atoms with van der Waals surface area (Å²) in [5, 5.41) is 8.73. The van der Waals surface area contributed by atoms with Crippen molar-refractivity contribution in [3.05, 3.63) is 33.8 Å². The maximum atomic E-state index is 8.73. The third-order valence-corrected chi connectivity index (χ3v) is 2.92. The van der Waals surface area contributed by atoms with Gasteiger partial charge in [-0.05, 0) is 30.5 Å². The summed E-state index contributed by atoms with van der Waals surface area (Å²) in [5.41, 5.74) is 8.10. The Kier molecular flexibility index (Phi) is 3.90. The fourth-order valence-electron chi connectivity index (χ4n) is 1.15. The second-order valence-corrected chi connectivity index (χ2v) is 3.98. The number of aliphatic hydroxyl groups is 1. The van der Waals surface area contributed by atoms with Crippen LogP contribution in [-0.4, -0.2) is 11.7 Å². The summed E-state index contributed by atoms with van der Waals surface area (Å²) in [7, 11) is 0. The van der Waals surface area contributed by atoms with Crippen LogP contribution < -0.4 is 5.73 Å². The van der Waals surface area contributed by atoms with Crippen LogP contribution in [0.15, 0.2) is 22.7 Å². The molecule has 3 heteroatoms. The molecule has 0 unspecified atom stereocenters. The molecule has 2 nitrogen and oxygen atoms in total. The van der Waals surface area contributed by atoms with Gasteiger partial charge in [-0.25, -0.2) is 0 Å². The molecule has 0 amide bonds. The van der Waals surface area contributed by atoms with E-state index < -0.39 is 0 Å². The highest BCUT2D eigenvalue weighted by Gasteiger charge is 2.05. The lowest BCUT2D eigenvalue weighted by atomic mass is 10.0. The fourth-order valence-corrected chi connectivity index (χ4v) is 1.54. The van der Waals surface area contributed by atoms with Crippen LogP contribution in [0.1, 0.15) is 23.6 Å². The number of nitrogens with two attached hydrogens (primary N) is 1. The van der Waals surface area contributed by atoms with E-state index in [0.29, 0.717) is 6.42 Å². The Morgan fingerprint density at radius 3 is 2.77 bits per heavy atom. The number of aryl methyl sites for hydroxylation is 1. The zero-order valence-corrected chi connectivity index (χ0v) is 9.21. The number of hydrogen-bond acceptors (Lipinski definition) is 2. The quantitative estimate of drug-likeness (QED) is 0.855. The van der Waals surface area contributed by atoms with Crippen molar-refractivity contribution in [1.82, 2.24) is 0 Å². The van der Waals surface area contributed by atoms with Gasteiger partial charge in [0.25, 0.3) is 0 Å². The minimum Gasteiger partial charge on any atom is -0.396 e. The van der Waals surface area contributed by atoms with Crippen molar-refractivity contribution in [2.24, 2.45) is 5.73 Å². The largest absolute Gasteiger partial charge is 0.396 e. The molecule has 0 heterocycles. The maximum Gasteiger partial charge on any atom is 0.0449 e. The van der Waals surface area contributed by atoms with Gasteiger partial charge in [-0.15, -0.1) is 0 Å². The SMILES string of the molecule is Cc1ccc([C@@H](N)CCO)cc1Br. The highest BCUT2D eigenvalue weighted by atomic mass is 79.9. The van der Waals surface area contributed by atoms with Crippen LogP contribution in [0, 0.1) is 6.92 Å².